The van der Waals surface area contributed by atoms with Crippen LogP contribution in [0.15, 0.2) is 89.8 Å². The molecule has 0 bridgehead atoms. The quantitative estimate of drug-likeness (QED) is 0.639. The molecule has 0 atom stereocenters. The van der Waals surface area contributed by atoms with E-state index in [0.29, 0.717) is 5.56 Å². The summed E-state index contributed by atoms with van der Waals surface area (Å²) in [5, 5.41) is 0. The van der Waals surface area contributed by atoms with Crippen molar-refractivity contribution >= 4 is 21.6 Å². The van der Waals surface area contributed by atoms with Gasteiger partial charge < -0.3 is 4.90 Å². The van der Waals surface area contributed by atoms with Gasteiger partial charge in [-0.05, 0) is 42.0 Å². The highest BCUT2D eigenvalue weighted by Gasteiger charge is 2.20. The predicted octanol–water partition coefficient (Wildman–Crippen LogP) is 3.78. The molecule has 5 nitrogen and oxygen atoms in total. The van der Waals surface area contributed by atoms with E-state index >= 15 is 0 Å². The number of carbonyl (C=O) groups is 1. The largest absolute Gasteiger partial charge is 0.311 e. The summed E-state index contributed by atoms with van der Waals surface area (Å²) in [5.74, 6) is -0.122. The minimum Gasteiger partial charge on any atom is -0.311 e. The van der Waals surface area contributed by atoms with Gasteiger partial charge in [-0.15, -0.1) is 0 Å². The van der Waals surface area contributed by atoms with Crippen molar-refractivity contribution in [3.05, 3.63) is 96.1 Å². The van der Waals surface area contributed by atoms with E-state index in [9.17, 15) is 13.2 Å². The first kappa shape index (κ1) is 19.8. The molecule has 0 saturated carbocycles. The van der Waals surface area contributed by atoms with Gasteiger partial charge in [0.25, 0.3) is 5.91 Å². The minimum atomic E-state index is -3.55. The Morgan fingerprint density at radius 1 is 0.786 bits per heavy atom. The maximum Gasteiger partial charge on any atom is 0.258 e. The number of hydrogen-bond acceptors (Lipinski definition) is 3. The molecule has 0 N–H and O–H groups in total. The van der Waals surface area contributed by atoms with Crippen molar-refractivity contribution in [2.24, 2.45) is 0 Å². The topological polar surface area (TPSA) is 57.7 Å². The maximum absolute atomic E-state index is 12.6. The monoisotopic (exact) mass is 394 g/mol. The van der Waals surface area contributed by atoms with Crippen molar-refractivity contribution in [3.8, 4) is 0 Å². The Kier molecular flexibility index (Phi) is 5.92. The van der Waals surface area contributed by atoms with Gasteiger partial charge in [0, 0.05) is 31.9 Å². The van der Waals surface area contributed by atoms with E-state index in [1.165, 1.54) is 4.31 Å². The molecule has 0 fully saturated rings. The van der Waals surface area contributed by atoms with Crippen LogP contribution in [-0.4, -0.2) is 32.7 Å². The smallest absolute Gasteiger partial charge is 0.258 e. The summed E-state index contributed by atoms with van der Waals surface area (Å²) in [6.45, 7) is 0.222. The second kappa shape index (κ2) is 8.37. The fraction of sp³-hybridized carbons (Fsp3) is 0.136. The van der Waals surface area contributed by atoms with Crippen molar-refractivity contribution in [3.63, 3.8) is 0 Å². The summed E-state index contributed by atoms with van der Waals surface area (Å²) in [6.07, 6.45) is 0. The molecule has 0 aliphatic carbocycles. The van der Waals surface area contributed by atoms with E-state index in [-0.39, 0.29) is 17.3 Å². The third-order valence-corrected chi connectivity index (χ3v) is 6.32. The molecule has 0 aromatic heterocycles. The van der Waals surface area contributed by atoms with Crippen LogP contribution in [0.3, 0.4) is 0 Å². The number of anilines is 1. The number of sulfonamides is 1. The van der Waals surface area contributed by atoms with E-state index in [1.807, 2.05) is 30.3 Å². The highest BCUT2D eigenvalue weighted by molar-refractivity contribution is 7.89. The molecule has 0 spiro atoms. The molecule has 0 radical (unpaired) electrons. The molecule has 0 unspecified atom stereocenters. The lowest BCUT2D eigenvalue weighted by molar-refractivity contribution is 0.0993. The molecule has 28 heavy (non-hydrogen) atoms. The Hall–Kier alpha value is -2.96. The van der Waals surface area contributed by atoms with Gasteiger partial charge >= 0.3 is 0 Å². The van der Waals surface area contributed by atoms with Crippen LogP contribution in [-0.2, 0) is 16.6 Å². The predicted molar refractivity (Wildman–Crippen MR) is 111 cm³/mol. The third-order valence-electron chi connectivity index (χ3n) is 4.51. The summed E-state index contributed by atoms with van der Waals surface area (Å²) in [4.78, 5) is 14.5. The molecule has 1 amide bonds. The van der Waals surface area contributed by atoms with Gasteiger partial charge in [0.15, 0.2) is 0 Å². The van der Waals surface area contributed by atoms with Crippen LogP contribution in [0, 0.1) is 0 Å². The van der Waals surface area contributed by atoms with Crippen molar-refractivity contribution in [2.75, 3.05) is 19.0 Å². The molecule has 0 heterocycles. The van der Waals surface area contributed by atoms with Crippen LogP contribution in [0.1, 0.15) is 15.9 Å². The molecule has 3 aromatic carbocycles. The average molecular weight is 394 g/mol. The van der Waals surface area contributed by atoms with Crippen molar-refractivity contribution in [1.29, 1.82) is 0 Å². The summed E-state index contributed by atoms with van der Waals surface area (Å²) in [5.41, 5.74) is 2.16. The van der Waals surface area contributed by atoms with Gasteiger partial charge in [0.05, 0.1) is 4.90 Å². The molecule has 6 heteroatoms. The number of hydrogen-bond donors (Lipinski definition) is 0. The highest BCUT2D eigenvalue weighted by Crippen LogP contribution is 2.18. The highest BCUT2D eigenvalue weighted by atomic mass is 32.2. The average Bonchev–Trinajstić information content (AvgIpc) is 2.74. The molecular formula is C22H22N2O3S. The van der Waals surface area contributed by atoms with Crippen molar-refractivity contribution in [1.82, 2.24) is 4.31 Å². The van der Waals surface area contributed by atoms with E-state index in [0.717, 1.165) is 11.3 Å². The lowest BCUT2D eigenvalue weighted by atomic mass is 10.1. The molecule has 3 rings (SSSR count). The molecular weight excluding hydrogens is 372 g/mol. The number of amides is 1. The Balaban J connectivity index is 1.72. The second-order valence-corrected chi connectivity index (χ2v) is 8.52. The molecule has 0 aliphatic rings. The second-order valence-electron chi connectivity index (χ2n) is 6.47. The Morgan fingerprint density at radius 3 is 1.89 bits per heavy atom. The molecule has 3 aromatic rings. The zero-order valence-corrected chi connectivity index (χ0v) is 16.6. The summed E-state index contributed by atoms with van der Waals surface area (Å²) in [6, 6.07) is 24.7. The third kappa shape index (κ3) is 4.30. The molecule has 0 aliphatic heterocycles. The van der Waals surface area contributed by atoms with Crippen LogP contribution >= 0.6 is 0 Å². The van der Waals surface area contributed by atoms with Gasteiger partial charge in [-0.2, -0.15) is 4.31 Å². The SMILES string of the molecule is CN(C(=O)c1ccc(CN(C)S(=O)(=O)c2ccccc2)cc1)c1ccccc1. The van der Waals surface area contributed by atoms with Crippen LogP contribution in [0.5, 0.6) is 0 Å². The first-order chi connectivity index (χ1) is 13.4. The van der Waals surface area contributed by atoms with E-state index in [1.54, 1.807) is 73.6 Å². The fourth-order valence-corrected chi connectivity index (χ4v) is 4.01. The Labute approximate surface area is 165 Å². The van der Waals surface area contributed by atoms with E-state index < -0.39 is 10.0 Å². The number of benzene rings is 3. The summed E-state index contributed by atoms with van der Waals surface area (Å²) < 4.78 is 26.5. The molecule has 0 saturated heterocycles. The zero-order valence-electron chi connectivity index (χ0n) is 15.8. The van der Waals surface area contributed by atoms with E-state index in [2.05, 4.69) is 0 Å². The Bertz CT molecular complexity index is 1030. The van der Waals surface area contributed by atoms with Gasteiger partial charge in [0.2, 0.25) is 10.0 Å². The lowest BCUT2D eigenvalue weighted by Gasteiger charge is -2.19. The number of para-hydroxylation sites is 1. The number of nitrogens with zero attached hydrogens (tertiary/aromatic N) is 2. The maximum atomic E-state index is 12.6. The molecule has 144 valence electrons. The van der Waals surface area contributed by atoms with Gasteiger partial charge in [-0.3, -0.25) is 4.79 Å². The van der Waals surface area contributed by atoms with Crippen LogP contribution in [0.4, 0.5) is 5.69 Å². The van der Waals surface area contributed by atoms with Crippen LogP contribution < -0.4 is 4.90 Å². The number of carbonyl (C=O) groups excluding carboxylic acids is 1. The zero-order chi connectivity index (χ0) is 20.1. The van der Waals surface area contributed by atoms with Crippen molar-refractivity contribution in [2.45, 2.75) is 11.4 Å². The van der Waals surface area contributed by atoms with Crippen LogP contribution in [0.2, 0.25) is 0 Å². The fourth-order valence-electron chi connectivity index (χ4n) is 2.83. The standard InChI is InChI=1S/C22H22N2O3S/c1-23(28(26,27)21-11-7-4-8-12-21)17-18-13-15-19(16-14-18)22(25)24(2)20-9-5-3-6-10-20/h3-16H,17H2,1-2H3. The van der Waals surface area contributed by atoms with Gasteiger partial charge in [-0.1, -0.05) is 48.5 Å². The van der Waals surface area contributed by atoms with E-state index in [4.69, 9.17) is 0 Å². The first-order valence-corrected chi connectivity index (χ1v) is 10.3. The number of rotatable bonds is 6. The Morgan fingerprint density at radius 2 is 1.32 bits per heavy atom. The minimum absolute atomic E-state index is 0.122. The van der Waals surface area contributed by atoms with Crippen LogP contribution in [0.25, 0.3) is 0 Å². The van der Waals surface area contributed by atoms with Crippen molar-refractivity contribution < 1.29 is 13.2 Å². The summed E-state index contributed by atoms with van der Waals surface area (Å²) in [7, 11) is -0.281. The summed E-state index contributed by atoms with van der Waals surface area (Å²) >= 11 is 0. The lowest BCUT2D eigenvalue weighted by Crippen LogP contribution is -2.27. The first-order valence-electron chi connectivity index (χ1n) is 8.83. The normalized spacial score (nSPS) is 11.4. The van der Waals surface area contributed by atoms with Gasteiger partial charge in [-0.25, -0.2) is 8.42 Å². The van der Waals surface area contributed by atoms with Gasteiger partial charge in [0.1, 0.15) is 0 Å².